The Morgan fingerprint density at radius 2 is 1.35 bits per heavy atom. The fraction of sp³-hybridized carbons (Fsp3) is 0.800. The first-order valence-corrected chi connectivity index (χ1v) is 26.7. The normalized spacial score (nSPS) is 13.6. The van der Waals surface area contributed by atoms with Crippen molar-refractivity contribution in [2.45, 2.75) is 71.6 Å². The molecule has 0 rings (SSSR count). The van der Waals surface area contributed by atoms with Crippen molar-refractivity contribution in [3.8, 4) is 0 Å². The van der Waals surface area contributed by atoms with Crippen LogP contribution in [0.5, 0.6) is 0 Å². The maximum Gasteiger partial charge on any atom is 0.270 e. The zero-order chi connectivity index (χ0) is 41.5. The molecule has 52 heavy (non-hydrogen) atoms. The fourth-order valence-electron chi connectivity index (χ4n) is 3.32. The predicted molar refractivity (Wildman–Crippen MR) is 238 cm³/mol. The van der Waals surface area contributed by atoms with Gasteiger partial charge in [-0.3, -0.25) is 23.7 Å². The minimum absolute atomic E-state index is 0.0587. The second kappa shape index (κ2) is 43.6. The maximum absolute atomic E-state index is 12.8. The molecule has 0 aromatic carbocycles. The summed E-state index contributed by atoms with van der Waals surface area (Å²) in [5.41, 5.74) is 7.94. The summed E-state index contributed by atoms with van der Waals surface area (Å²) in [5.74, 6) is 4.20. The summed E-state index contributed by atoms with van der Waals surface area (Å²) in [6.45, 7) is 17.1. The molecule has 0 saturated carbocycles. The van der Waals surface area contributed by atoms with Crippen LogP contribution in [0.4, 0.5) is 0 Å². The number of Topliss-reactive ketones (excluding diaryl/α,β-unsaturated/α-hetero) is 4. The maximum atomic E-state index is 12.8. The quantitative estimate of drug-likeness (QED) is 0.0160. The van der Waals surface area contributed by atoms with Crippen molar-refractivity contribution < 1.29 is 28.3 Å². The van der Waals surface area contributed by atoms with Gasteiger partial charge in [-0.25, -0.2) is 5.09 Å². The lowest BCUT2D eigenvalue weighted by atomic mass is 10.1. The van der Waals surface area contributed by atoms with E-state index in [-0.39, 0.29) is 55.2 Å². The van der Waals surface area contributed by atoms with E-state index in [4.69, 9.17) is 10.1 Å². The van der Waals surface area contributed by atoms with E-state index in [2.05, 4.69) is 92.5 Å². The molecule has 0 fully saturated rings. The molecule has 0 spiro atoms. The highest BCUT2D eigenvalue weighted by Crippen LogP contribution is 2.42. The second-order valence-corrected chi connectivity index (χ2v) is 21.1. The predicted octanol–water partition coefficient (Wildman–Crippen LogP) is 5.83. The van der Waals surface area contributed by atoms with Gasteiger partial charge < -0.3 is 25.8 Å². The molecule has 22 heteroatoms. The molecule has 1 unspecified atom stereocenters. The number of nitrogens with zero attached hydrogens (tertiary/aromatic N) is 3. The molecule has 0 aromatic heterocycles. The fourth-order valence-corrected chi connectivity index (χ4v) is 7.31. The number of nitrogens with one attached hydrogen (secondary N) is 5. The Kier molecular flexibility index (Phi) is 51.3. The second-order valence-electron chi connectivity index (χ2n) is 10.6. The SMILES string of the molecule is C=CP(C)C.CCOP(=O)(CCSC[C@H](NC)C(C)=O)NCC[C@H](NC)C(C)=O.CN[C@@H](CCN=[N+]=[N-])C(C)=O.CN[C@@H](CS)C(C)=O.S=PP=S. The first kappa shape index (κ1) is 61.1. The third-order valence-electron chi connectivity index (χ3n) is 6.46. The molecule has 5 atom stereocenters. The van der Waals surface area contributed by atoms with Crippen LogP contribution in [0.25, 0.3) is 10.4 Å². The van der Waals surface area contributed by atoms with E-state index in [0.29, 0.717) is 56.0 Å². The first-order chi connectivity index (χ1) is 24.4. The molecule has 5 N–H and O–H groups in total. The monoisotopic (exact) mass is 884 g/mol. The zero-order valence-corrected chi connectivity index (χ0v) is 39.6. The van der Waals surface area contributed by atoms with Gasteiger partial charge in [0, 0.05) is 55.5 Å². The summed E-state index contributed by atoms with van der Waals surface area (Å²) >= 11 is 14.3. The summed E-state index contributed by atoms with van der Waals surface area (Å²) in [6.07, 6.45) is 1.52. The third kappa shape index (κ3) is 42.6. The third-order valence-corrected chi connectivity index (χ3v) is 13.8. The molecule has 304 valence electrons. The molecule has 0 radical (unpaired) electrons. The zero-order valence-electron chi connectivity index (χ0n) is 32.7. The van der Waals surface area contributed by atoms with E-state index in [9.17, 15) is 23.7 Å². The summed E-state index contributed by atoms with van der Waals surface area (Å²) in [5, 5.41) is 17.9. The first-order valence-electron chi connectivity index (χ1n) is 16.2. The van der Waals surface area contributed by atoms with Crippen molar-refractivity contribution in [3.63, 3.8) is 0 Å². The standard InChI is InChI=1S/C15H32N3O4PS.C6H12N4O.C5H11NOS.C4H9P.P2S2/c1-6-22-23(21,18-8-7-14(16-4)12(2)19)9-10-24-11-15(17-5)13(3)20;1-5(11)6(8-2)3-4-9-10-7;1-4(7)5(3-8)6-2;1-4-5(2)3;3-1-2-4/h14-17H,6-11H2,1-5H3,(H,18,21);6,8H,3-4H2,1-2H3;5-6,8H,3H2,1-2H3;4H,1H2,2-3H3;/t14-,15-,23?;6-;5-;;/m000../s1. The van der Waals surface area contributed by atoms with Crippen LogP contribution in [0, 0.1) is 0 Å². The van der Waals surface area contributed by atoms with Gasteiger partial charge in [-0.1, -0.05) is 25.4 Å². The van der Waals surface area contributed by atoms with Crippen LogP contribution in [0.15, 0.2) is 17.5 Å². The van der Waals surface area contributed by atoms with Crippen molar-refractivity contribution in [3.05, 3.63) is 22.8 Å². The molecule has 0 bridgehead atoms. The lowest BCUT2D eigenvalue weighted by Gasteiger charge is -2.21. The topological polar surface area (TPSA) is 203 Å². The van der Waals surface area contributed by atoms with Crippen LogP contribution in [0.3, 0.4) is 0 Å². The Balaban J connectivity index is -0.000000215. The number of carbonyl (C=O) groups excluding carboxylic acids is 4. The number of ketones is 4. The molecule has 0 heterocycles. The summed E-state index contributed by atoms with van der Waals surface area (Å²) in [4.78, 5) is 46.6. The van der Waals surface area contributed by atoms with Gasteiger partial charge in [-0.2, -0.15) is 24.4 Å². The number of azide groups is 1. The van der Waals surface area contributed by atoms with E-state index in [1.54, 1.807) is 60.7 Å². The van der Waals surface area contributed by atoms with Crippen LogP contribution < -0.4 is 26.4 Å². The van der Waals surface area contributed by atoms with Gasteiger partial charge in [0.1, 0.15) is 23.1 Å². The van der Waals surface area contributed by atoms with Crippen LogP contribution >= 0.6 is 53.9 Å². The highest BCUT2D eigenvalue weighted by atomic mass is 32.7. The lowest BCUT2D eigenvalue weighted by molar-refractivity contribution is -0.119. The van der Waals surface area contributed by atoms with Crippen molar-refractivity contribution in [1.29, 1.82) is 0 Å². The van der Waals surface area contributed by atoms with Crippen LogP contribution in [0.1, 0.15) is 47.5 Å². The lowest BCUT2D eigenvalue weighted by Crippen LogP contribution is -2.35. The van der Waals surface area contributed by atoms with Gasteiger partial charge in [0.25, 0.3) is 7.52 Å². The number of likely N-dealkylation sites (N-methyl/N-ethyl adjacent to an activating group) is 4. The minimum Gasteiger partial charge on any atom is -0.318 e. The Morgan fingerprint density at radius 1 is 0.923 bits per heavy atom. The highest BCUT2D eigenvalue weighted by Gasteiger charge is 2.23. The van der Waals surface area contributed by atoms with Gasteiger partial charge in [-0.05, 0) is 118 Å². The van der Waals surface area contributed by atoms with Gasteiger partial charge in [0.2, 0.25) is 0 Å². The Hall–Kier alpha value is -0.110. The number of hydrogen-bond acceptors (Lipinski definition) is 15. The smallest absolute Gasteiger partial charge is 0.270 e. The molecule has 0 aliphatic heterocycles. The molecule has 0 saturated heterocycles. The summed E-state index contributed by atoms with van der Waals surface area (Å²) in [6, 6.07) is -0.672. The summed E-state index contributed by atoms with van der Waals surface area (Å²) in [7, 11) is 5.93. The molecule has 0 amide bonds. The highest BCUT2D eigenvalue weighted by molar-refractivity contribution is 8.40. The van der Waals surface area contributed by atoms with Crippen LogP contribution in [0.2, 0.25) is 0 Å². The van der Waals surface area contributed by atoms with Crippen molar-refractivity contribution >= 4 is 101 Å². The van der Waals surface area contributed by atoms with E-state index < -0.39 is 7.52 Å². The Labute approximate surface area is 337 Å². The Morgan fingerprint density at radius 3 is 1.63 bits per heavy atom. The number of carbonyl (C=O) groups is 4. The molecular weight excluding hydrogens is 821 g/mol. The molecule has 14 nitrogen and oxygen atoms in total. The molecule has 0 aliphatic rings. The van der Waals surface area contributed by atoms with E-state index >= 15 is 0 Å². The van der Waals surface area contributed by atoms with E-state index in [1.807, 2.05) is 5.82 Å². The number of thiol groups is 1. The largest absolute Gasteiger partial charge is 0.318 e. The average Bonchev–Trinajstić information content (AvgIpc) is 3.09. The summed E-state index contributed by atoms with van der Waals surface area (Å²) < 4.78 is 18.2. The number of thioether (sulfide) groups is 1. The van der Waals surface area contributed by atoms with Gasteiger partial charge >= 0.3 is 0 Å². The number of hydrogen-bond donors (Lipinski definition) is 6. The van der Waals surface area contributed by atoms with Gasteiger partial charge in [0.15, 0.2) is 0 Å². The van der Waals surface area contributed by atoms with Gasteiger partial charge in [0.05, 0.1) is 30.8 Å². The van der Waals surface area contributed by atoms with Crippen molar-refractivity contribution in [2.75, 3.05) is 84.6 Å². The molecular formula is C30H64N8O6P4S4. The Bertz CT molecular complexity index is 1090. The van der Waals surface area contributed by atoms with Crippen molar-refractivity contribution in [2.24, 2.45) is 5.11 Å². The van der Waals surface area contributed by atoms with Gasteiger partial charge in [-0.15, -0.1) is 0 Å². The van der Waals surface area contributed by atoms with E-state index in [1.165, 1.54) is 13.8 Å². The van der Waals surface area contributed by atoms with Crippen molar-refractivity contribution in [1.82, 2.24) is 26.4 Å². The average molecular weight is 885 g/mol. The van der Waals surface area contributed by atoms with E-state index in [0.717, 1.165) is 14.1 Å². The molecule has 0 aromatic rings. The molecule has 0 aliphatic carbocycles. The van der Waals surface area contributed by atoms with Crippen LogP contribution in [-0.2, 0) is 51.9 Å². The minimum atomic E-state index is -2.92. The number of rotatable bonds is 25. The van der Waals surface area contributed by atoms with Crippen LogP contribution in [-0.4, -0.2) is 132 Å².